The van der Waals surface area contributed by atoms with Crippen molar-refractivity contribution in [3.05, 3.63) is 64.3 Å². The van der Waals surface area contributed by atoms with Gasteiger partial charge in [0, 0.05) is 17.8 Å². The van der Waals surface area contributed by atoms with Crippen molar-refractivity contribution >= 4 is 17.1 Å². The van der Waals surface area contributed by atoms with E-state index in [1.165, 1.54) is 10.8 Å². The van der Waals surface area contributed by atoms with Gasteiger partial charge in [-0.15, -0.1) is 0 Å². The van der Waals surface area contributed by atoms with E-state index < -0.39 is 29.4 Å². The summed E-state index contributed by atoms with van der Waals surface area (Å²) in [5, 5.41) is 2.72. The number of hydrogen-bond acceptors (Lipinski definition) is 4. The zero-order valence-corrected chi connectivity index (χ0v) is 14.3. The molecule has 0 unspecified atom stereocenters. The Morgan fingerprint density at radius 1 is 1.26 bits per heavy atom. The van der Waals surface area contributed by atoms with Crippen molar-refractivity contribution < 1.29 is 22.4 Å². The lowest BCUT2D eigenvalue weighted by atomic mass is 10.1. The van der Waals surface area contributed by atoms with Crippen molar-refractivity contribution in [3.8, 4) is 0 Å². The number of carbonyl (C=O) groups is 1. The summed E-state index contributed by atoms with van der Waals surface area (Å²) >= 11 is 0. The number of alkyl halides is 3. The fourth-order valence-corrected chi connectivity index (χ4v) is 2.64. The minimum Gasteiger partial charge on any atom is -0.406 e. The molecule has 0 aliphatic rings. The average molecular weight is 379 g/mol. The van der Waals surface area contributed by atoms with Crippen LogP contribution in [0.1, 0.15) is 29.3 Å². The summed E-state index contributed by atoms with van der Waals surface area (Å²) in [5.74, 6) is -1.12. The van der Waals surface area contributed by atoms with Gasteiger partial charge in [-0.1, -0.05) is 6.92 Å². The van der Waals surface area contributed by atoms with Crippen LogP contribution in [0.15, 0.2) is 51.8 Å². The summed E-state index contributed by atoms with van der Waals surface area (Å²) < 4.78 is 44.3. The van der Waals surface area contributed by atoms with Crippen LogP contribution >= 0.6 is 0 Å². The number of benzene rings is 1. The van der Waals surface area contributed by atoms with Gasteiger partial charge < -0.3 is 9.73 Å². The molecule has 9 heteroatoms. The number of nitrogens with zero attached hydrogens (tertiary/aromatic N) is 2. The fraction of sp³-hybridized carbons (Fsp3) is 0.278. The number of fused-ring (bicyclic) bond motifs is 1. The molecule has 27 heavy (non-hydrogen) atoms. The molecule has 3 rings (SSSR count). The summed E-state index contributed by atoms with van der Waals surface area (Å²) in [6.07, 6.45) is -2.44. The summed E-state index contributed by atoms with van der Waals surface area (Å²) in [7, 11) is 0. The van der Waals surface area contributed by atoms with Gasteiger partial charge in [0.05, 0.1) is 12.1 Å². The third-order valence-corrected chi connectivity index (χ3v) is 4.13. The molecule has 1 N–H and O–H groups in total. The van der Waals surface area contributed by atoms with Gasteiger partial charge in [-0.2, -0.15) is 13.2 Å². The van der Waals surface area contributed by atoms with Gasteiger partial charge in [-0.3, -0.25) is 9.36 Å². The third kappa shape index (κ3) is 4.02. The van der Waals surface area contributed by atoms with E-state index in [9.17, 15) is 22.8 Å². The molecule has 3 aromatic rings. The Morgan fingerprint density at radius 2 is 1.96 bits per heavy atom. The van der Waals surface area contributed by atoms with Crippen LogP contribution in [0.25, 0.3) is 11.2 Å². The summed E-state index contributed by atoms with van der Waals surface area (Å²) in [6, 6.07) is 6.76. The van der Waals surface area contributed by atoms with E-state index >= 15 is 0 Å². The highest BCUT2D eigenvalue weighted by Crippen LogP contribution is 2.29. The van der Waals surface area contributed by atoms with Crippen LogP contribution in [0.2, 0.25) is 0 Å². The molecule has 0 saturated heterocycles. The minimum absolute atomic E-state index is 0.101. The number of oxazole rings is 1. The summed E-state index contributed by atoms with van der Waals surface area (Å²) in [6.45, 7) is 1.95. The normalized spacial score (nSPS) is 12.9. The van der Waals surface area contributed by atoms with Crippen LogP contribution < -0.4 is 11.1 Å². The number of carbonyl (C=O) groups excluding carboxylic acids is 1. The lowest BCUT2D eigenvalue weighted by Gasteiger charge is -2.17. The van der Waals surface area contributed by atoms with E-state index in [1.54, 1.807) is 12.1 Å². The first kappa shape index (κ1) is 18.7. The molecular formula is C18H16F3N3O3. The van der Waals surface area contributed by atoms with E-state index in [0.29, 0.717) is 17.7 Å². The maximum Gasteiger partial charge on any atom is 0.421 e. The number of hydrogen-bond donors (Lipinski definition) is 1. The molecule has 2 aromatic heterocycles. The highest BCUT2D eigenvalue weighted by molar-refractivity contribution is 5.94. The molecule has 0 fully saturated rings. The van der Waals surface area contributed by atoms with Gasteiger partial charge in [0.1, 0.15) is 0 Å². The van der Waals surface area contributed by atoms with Crippen molar-refractivity contribution in [1.29, 1.82) is 0 Å². The average Bonchev–Trinajstić information content (AvgIpc) is 2.95. The highest BCUT2D eigenvalue weighted by atomic mass is 19.4. The molecule has 0 aliphatic carbocycles. The lowest BCUT2D eigenvalue weighted by Crippen LogP contribution is -2.39. The van der Waals surface area contributed by atoms with Gasteiger partial charge in [0.2, 0.25) is 0 Å². The third-order valence-electron chi connectivity index (χ3n) is 4.13. The number of pyridine rings is 1. The number of aromatic nitrogens is 2. The van der Waals surface area contributed by atoms with E-state index in [0.717, 1.165) is 24.3 Å². The van der Waals surface area contributed by atoms with E-state index in [4.69, 9.17) is 4.42 Å². The molecule has 6 nitrogen and oxygen atoms in total. The highest BCUT2D eigenvalue weighted by Gasteiger charge is 2.30. The van der Waals surface area contributed by atoms with Crippen molar-refractivity contribution in [2.45, 2.75) is 32.1 Å². The Balaban J connectivity index is 1.75. The standard InChI is InChI=1S/C18H16F3N3O3/c1-2-13(10-24-15-14(27-17(24)26)4-3-9-22-15)23-16(25)11-5-7-12(8-6-11)18(19,20)21/h3-9,13H,2,10H2,1H3,(H,23,25)/t13-/m1/s1. The van der Waals surface area contributed by atoms with Gasteiger partial charge in [-0.25, -0.2) is 9.78 Å². The predicted octanol–water partition coefficient (Wildman–Crippen LogP) is 3.22. The minimum atomic E-state index is -4.46. The van der Waals surface area contributed by atoms with Crippen LogP contribution in [0, 0.1) is 0 Å². The topological polar surface area (TPSA) is 77.1 Å². The Morgan fingerprint density at radius 3 is 2.59 bits per heavy atom. The molecule has 1 atom stereocenters. The van der Waals surface area contributed by atoms with Crippen LogP contribution in [0.5, 0.6) is 0 Å². The van der Waals surface area contributed by atoms with Gasteiger partial charge in [-0.05, 0) is 42.8 Å². The Labute approximate surface area is 151 Å². The lowest BCUT2D eigenvalue weighted by molar-refractivity contribution is -0.137. The summed E-state index contributed by atoms with van der Waals surface area (Å²) in [4.78, 5) is 28.5. The largest absolute Gasteiger partial charge is 0.421 e. The molecule has 142 valence electrons. The Kier molecular flexibility index (Phi) is 5.02. The molecule has 0 spiro atoms. The number of nitrogens with one attached hydrogen (secondary N) is 1. The van der Waals surface area contributed by atoms with Crippen molar-refractivity contribution in [2.24, 2.45) is 0 Å². The first-order valence-electron chi connectivity index (χ1n) is 8.22. The molecule has 0 saturated carbocycles. The van der Waals surface area contributed by atoms with Crippen LogP contribution in [0.4, 0.5) is 13.2 Å². The van der Waals surface area contributed by atoms with E-state index in [1.807, 2.05) is 6.92 Å². The Bertz CT molecular complexity index is 1010. The van der Waals surface area contributed by atoms with Gasteiger partial charge in [0.15, 0.2) is 11.2 Å². The van der Waals surface area contributed by atoms with Crippen molar-refractivity contribution in [1.82, 2.24) is 14.9 Å². The molecular weight excluding hydrogens is 363 g/mol. The molecule has 0 bridgehead atoms. The molecule has 1 aromatic carbocycles. The second-order valence-corrected chi connectivity index (χ2v) is 5.96. The quantitative estimate of drug-likeness (QED) is 0.739. The van der Waals surface area contributed by atoms with E-state index in [2.05, 4.69) is 10.3 Å². The zero-order valence-electron chi connectivity index (χ0n) is 14.3. The molecule has 2 heterocycles. The first-order chi connectivity index (χ1) is 12.8. The Hall–Kier alpha value is -3.10. The smallest absolute Gasteiger partial charge is 0.406 e. The maximum absolute atomic E-state index is 12.6. The fourth-order valence-electron chi connectivity index (χ4n) is 2.64. The monoisotopic (exact) mass is 379 g/mol. The zero-order chi connectivity index (χ0) is 19.6. The first-order valence-corrected chi connectivity index (χ1v) is 8.22. The molecule has 0 aliphatic heterocycles. The van der Waals surface area contributed by atoms with Crippen LogP contribution in [-0.4, -0.2) is 21.5 Å². The second kappa shape index (κ2) is 7.26. The SMILES string of the molecule is CC[C@H](Cn1c(=O)oc2cccnc21)NC(=O)c1ccc(C(F)(F)F)cc1. The molecule has 1 amide bonds. The second-order valence-electron chi connectivity index (χ2n) is 5.96. The number of rotatable bonds is 5. The van der Waals surface area contributed by atoms with Gasteiger partial charge in [0.25, 0.3) is 5.91 Å². The van der Waals surface area contributed by atoms with Gasteiger partial charge >= 0.3 is 11.9 Å². The van der Waals surface area contributed by atoms with E-state index in [-0.39, 0.29) is 12.1 Å². The maximum atomic E-state index is 12.6. The van der Waals surface area contributed by atoms with Crippen molar-refractivity contribution in [2.75, 3.05) is 0 Å². The van der Waals surface area contributed by atoms with Crippen LogP contribution in [-0.2, 0) is 12.7 Å². The molecule has 0 radical (unpaired) electrons. The van der Waals surface area contributed by atoms with Crippen molar-refractivity contribution in [3.63, 3.8) is 0 Å². The predicted molar refractivity (Wildman–Crippen MR) is 91.3 cm³/mol. The summed E-state index contributed by atoms with van der Waals surface area (Å²) in [5.41, 5.74) is -0.0197. The van der Waals surface area contributed by atoms with Crippen LogP contribution in [0.3, 0.4) is 0 Å². The number of amides is 1. The number of halogens is 3.